The van der Waals surface area contributed by atoms with Crippen molar-refractivity contribution in [3.8, 4) is 11.5 Å². The zero-order valence-electron chi connectivity index (χ0n) is 9.70. The van der Waals surface area contributed by atoms with E-state index in [-0.39, 0.29) is 4.82 Å². The molecule has 0 aromatic heterocycles. The van der Waals surface area contributed by atoms with E-state index in [1.165, 1.54) is 4.90 Å². The Morgan fingerprint density at radius 1 is 1.31 bits per heavy atom. The van der Waals surface area contributed by atoms with Crippen LogP contribution in [0.4, 0.5) is 10.5 Å². The lowest BCUT2D eigenvalue weighted by molar-refractivity contribution is 0.266. The van der Waals surface area contributed by atoms with Gasteiger partial charge >= 0.3 is 0 Å². The van der Waals surface area contributed by atoms with E-state index in [2.05, 4.69) is 15.9 Å². The van der Waals surface area contributed by atoms with Crippen LogP contribution in [0.2, 0.25) is 0 Å². The summed E-state index contributed by atoms with van der Waals surface area (Å²) in [5.74, 6) is 1.37. The van der Waals surface area contributed by atoms with E-state index in [9.17, 15) is 4.79 Å². The maximum absolute atomic E-state index is 11.2. The summed E-state index contributed by atoms with van der Waals surface area (Å²) in [7, 11) is 4.83. The highest BCUT2D eigenvalue weighted by Gasteiger charge is 2.17. The van der Waals surface area contributed by atoms with Crippen LogP contribution < -0.4 is 14.4 Å². The SMILES string of the molecule is COc1ccc(N(C)C(=O)Br)c(OC)c1C. The van der Waals surface area contributed by atoms with Crippen molar-refractivity contribution in [2.75, 3.05) is 26.2 Å². The van der Waals surface area contributed by atoms with Gasteiger partial charge in [0.2, 0.25) is 0 Å². The van der Waals surface area contributed by atoms with Crippen LogP contribution in [0, 0.1) is 6.92 Å². The summed E-state index contributed by atoms with van der Waals surface area (Å²) in [5, 5.41) is 0. The van der Waals surface area contributed by atoms with E-state index in [0.717, 1.165) is 11.3 Å². The van der Waals surface area contributed by atoms with E-state index in [0.29, 0.717) is 11.4 Å². The van der Waals surface area contributed by atoms with Crippen molar-refractivity contribution in [3.63, 3.8) is 0 Å². The van der Waals surface area contributed by atoms with Gasteiger partial charge in [0.15, 0.2) is 0 Å². The lowest BCUT2D eigenvalue weighted by atomic mass is 10.1. The third-order valence-corrected chi connectivity index (χ3v) is 2.92. The molecular formula is C11H14BrNO3. The molecule has 0 aliphatic rings. The zero-order chi connectivity index (χ0) is 12.3. The first kappa shape index (κ1) is 12.8. The molecule has 88 valence electrons. The van der Waals surface area contributed by atoms with Crippen molar-refractivity contribution < 1.29 is 14.3 Å². The number of ether oxygens (including phenoxy) is 2. The lowest BCUT2D eigenvalue weighted by Gasteiger charge is -2.20. The van der Waals surface area contributed by atoms with Crippen molar-refractivity contribution in [3.05, 3.63) is 17.7 Å². The number of benzene rings is 1. The molecule has 0 saturated heterocycles. The van der Waals surface area contributed by atoms with Crippen molar-refractivity contribution in [2.45, 2.75) is 6.92 Å². The molecule has 0 unspecified atom stereocenters. The third kappa shape index (κ3) is 2.29. The van der Waals surface area contributed by atoms with Gasteiger partial charge < -0.3 is 14.4 Å². The van der Waals surface area contributed by atoms with Crippen LogP contribution in [-0.2, 0) is 0 Å². The van der Waals surface area contributed by atoms with Crippen LogP contribution >= 0.6 is 15.9 Å². The molecule has 0 aliphatic heterocycles. The summed E-state index contributed by atoms with van der Waals surface area (Å²) in [5.41, 5.74) is 1.56. The van der Waals surface area contributed by atoms with Gasteiger partial charge in [-0.25, -0.2) is 0 Å². The Balaban J connectivity index is 3.31. The summed E-state index contributed by atoms with van der Waals surface area (Å²) in [6.45, 7) is 1.88. The summed E-state index contributed by atoms with van der Waals surface area (Å²) in [6, 6.07) is 3.59. The first-order valence-electron chi connectivity index (χ1n) is 4.67. The Hall–Kier alpha value is -1.23. The molecule has 0 aliphatic carbocycles. The van der Waals surface area contributed by atoms with Crippen molar-refractivity contribution in [1.29, 1.82) is 0 Å². The Morgan fingerprint density at radius 3 is 2.38 bits per heavy atom. The predicted molar refractivity (Wildman–Crippen MR) is 67.0 cm³/mol. The van der Waals surface area contributed by atoms with Gasteiger partial charge in [0, 0.05) is 28.5 Å². The highest BCUT2D eigenvalue weighted by molar-refractivity contribution is 9.18. The third-order valence-electron chi connectivity index (χ3n) is 2.38. The fourth-order valence-electron chi connectivity index (χ4n) is 1.50. The maximum atomic E-state index is 11.2. The second-order valence-corrected chi connectivity index (χ2v) is 3.94. The summed E-state index contributed by atoms with van der Waals surface area (Å²) >= 11 is 2.90. The number of anilines is 1. The van der Waals surface area contributed by atoms with Crippen LogP contribution in [-0.4, -0.2) is 26.1 Å². The number of nitrogens with zero attached hydrogens (tertiary/aromatic N) is 1. The molecule has 16 heavy (non-hydrogen) atoms. The Labute approximate surface area is 103 Å². The minimum atomic E-state index is -0.227. The minimum absolute atomic E-state index is 0.227. The summed E-state index contributed by atoms with van der Waals surface area (Å²) in [4.78, 5) is 12.5. The quantitative estimate of drug-likeness (QED) is 0.634. The van der Waals surface area contributed by atoms with E-state index in [1.807, 2.05) is 6.92 Å². The van der Waals surface area contributed by atoms with Gasteiger partial charge in [-0.15, -0.1) is 0 Å². The zero-order valence-corrected chi connectivity index (χ0v) is 11.3. The van der Waals surface area contributed by atoms with Crippen LogP contribution in [0.3, 0.4) is 0 Å². The highest BCUT2D eigenvalue weighted by atomic mass is 79.9. The largest absolute Gasteiger partial charge is 0.496 e. The summed E-state index contributed by atoms with van der Waals surface area (Å²) in [6.07, 6.45) is 0. The van der Waals surface area contributed by atoms with Crippen LogP contribution in [0.15, 0.2) is 12.1 Å². The van der Waals surface area contributed by atoms with Gasteiger partial charge in [-0.2, -0.15) is 0 Å². The van der Waals surface area contributed by atoms with Crippen molar-refractivity contribution in [2.24, 2.45) is 0 Å². The minimum Gasteiger partial charge on any atom is -0.496 e. The number of methoxy groups -OCH3 is 2. The standard InChI is InChI=1S/C11H14BrNO3/c1-7-9(15-3)6-5-8(10(7)16-4)13(2)11(12)14/h5-6H,1-4H3. The van der Waals surface area contributed by atoms with Crippen LogP contribution in [0.25, 0.3) is 0 Å². The molecule has 1 amide bonds. The number of hydrogen-bond donors (Lipinski definition) is 0. The van der Waals surface area contributed by atoms with Gasteiger partial charge in [-0.05, 0) is 19.1 Å². The monoisotopic (exact) mass is 287 g/mol. The number of hydrogen-bond acceptors (Lipinski definition) is 3. The van der Waals surface area contributed by atoms with Gasteiger partial charge in [-0.1, -0.05) is 0 Å². The average molecular weight is 288 g/mol. The van der Waals surface area contributed by atoms with Crippen LogP contribution in [0.1, 0.15) is 5.56 Å². The second kappa shape index (κ2) is 5.21. The maximum Gasteiger partial charge on any atom is 0.293 e. The molecule has 0 radical (unpaired) electrons. The molecule has 1 aromatic rings. The molecule has 0 spiro atoms. The summed E-state index contributed by atoms with van der Waals surface area (Å²) < 4.78 is 10.5. The fraction of sp³-hybridized carbons (Fsp3) is 0.364. The van der Waals surface area contributed by atoms with Crippen LogP contribution in [0.5, 0.6) is 11.5 Å². The molecule has 1 aromatic carbocycles. The molecular weight excluding hydrogens is 274 g/mol. The number of amides is 1. The predicted octanol–water partition coefficient (Wildman–Crippen LogP) is 2.96. The molecule has 0 atom stereocenters. The van der Waals surface area contributed by atoms with E-state index < -0.39 is 0 Å². The van der Waals surface area contributed by atoms with E-state index in [1.54, 1.807) is 33.4 Å². The molecule has 0 heterocycles. The molecule has 0 fully saturated rings. The van der Waals surface area contributed by atoms with Crippen molar-refractivity contribution in [1.82, 2.24) is 0 Å². The molecule has 0 saturated carbocycles. The van der Waals surface area contributed by atoms with Gasteiger partial charge in [0.25, 0.3) is 4.82 Å². The van der Waals surface area contributed by atoms with Crippen molar-refractivity contribution >= 4 is 26.4 Å². The highest BCUT2D eigenvalue weighted by Crippen LogP contribution is 2.37. The average Bonchev–Trinajstić information content (AvgIpc) is 2.27. The fourth-order valence-corrected chi connectivity index (χ4v) is 1.69. The normalized spacial score (nSPS) is 9.81. The number of halogens is 1. The number of carbonyl (C=O) groups excluding carboxylic acids is 1. The van der Waals surface area contributed by atoms with Gasteiger partial charge in [0.1, 0.15) is 11.5 Å². The van der Waals surface area contributed by atoms with E-state index in [4.69, 9.17) is 9.47 Å². The molecule has 0 N–H and O–H groups in total. The first-order valence-corrected chi connectivity index (χ1v) is 5.47. The number of rotatable bonds is 3. The Morgan fingerprint density at radius 2 is 1.94 bits per heavy atom. The second-order valence-electron chi connectivity index (χ2n) is 3.26. The smallest absolute Gasteiger partial charge is 0.293 e. The first-order chi connectivity index (χ1) is 7.52. The lowest BCUT2D eigenvalue weighted by Crippen LogP contribution is -2.20. The molecule has 4 nitrogen and oxygen atoms in total. The molecule has 1 rings (SSSR count). The molecule has 0 bridgehead atoms. The topological polar surface area (TPSA) is 38.8 Å². The Bertz CT molecular complexity index is 406. The van der Waals surface area contributed by atoms with Gasteiger partial charge in [0.05, 0.1) is 19.9 Å². The van der Waals surface area contributed by atoms with E-state index >= 15 is 0 Å². The number of carbonyl (C=O) groups is 1. The molecule has 5 heteroatoms. The van der Waals surface area contributed by atoms with Gasteiger partial charge in [-0.3, -0.25) is 4.79 Å². The Kier molecular flexibility index (Phi) is 4.18.